The molecule has 1 aromatic heterocycles. The topological polar surface area (TPSA) is 82.8 Å². The van der Waals surface area contributed by atoms with Crippen LogP contribution < -0.4 is 11.2 Å². The smallest absolute Gasteiger partial charge is 0.314 e. The van der Waals surface area contributed by atoms with E-state index in [9.17, 15) is 14.4 Å². The number of hydrogen-bond donors (Lipinski definition) is 2. The van der Waals surface area contributed by atoms with Crippen LogP contribution in [0.25, 0.3) is 0 Å². The van der Waals surface area contributed by atoms with E-state index in [0.717, 1.165) is 0 Å². The van der Waals surface area contributed by atoms with Gasteiger partial charge in [-0.05, 0) is 6.92 Å². The molecule has 0 fully saturated rings. The third kappa shape index (κ3) is 2.15. The number of nitrogens with one attached hydrogen (secondary N) is 2. The van der Waals surface area contributed by atoms with Crippen LogP contribution in [-0.2, 0) is 4.79 Å². The molecule has 5 nitrogen and oxygen atoms in total. The van der Waals surface area contributed by atoms with Gasteiger partial charge in [-0.15, -0.1) is 0 Å². The number of carbonyl (C=O) groups excluding carboxylic acids is 1. The first kappa shape index (κ1) is 9.91. The van der Waals surface area contributed by atoms with Crippen LogP contribution in [0.15, 0.2) is 15.8 Å². The van der Waals surface area contributed by atoms with Gasteiger partial charge in [0.05, 0.1) is 5.56 Å². The highest BCUT2D eigenvalue weighted by molar-refractivity contribution is 9.09. The fraction of sp³-hybridized carbons (Fsp3) is 0.286. The molecular formula is C7H7BrN2O3. The van der Waals surface area contributed by atoms with Crippen LogP contribution in [0.1, 0.15) is 17.3 Å². The van der Waals surface area contributed by atoms with Crippen LogP contribution in [0, 0.1) is 0 Å². The van der Waals surface area contributed by atoms with Gasteiger partial charge >= 0.3 is 5.69 Å². The highest BCUT2D eigenvalue weighted by atomic mass is 79.9. The van der Waals surface area contributed by atoms with Crippen molar-refractivity contribution >= 4 is 21.7 Å². The van der Waals surface area contributed by atoms with Gasteiger partial charge in [0.25, 0.3) is 5.56 Å². The molecule has 1 heterocycles. The number of halogens is 1. The van der Waals surface area contributed by atoms with Crippen LogP contribution in [-0.4, -0.2) is 15.8 Å². The maximum Gasteiger partial charge on any atom is 0.325 e. The Labute approximate surface area is 81.3 Å². The van der Waals surface area contributed by atoms with E-state index in [1.807, 2.05) is 4.98 Å². The molecule has 0 amide bonds. The summed E-state index contributed by atoms with van der Waals surface area (Å²) in [5, 5.41) is 0. The van der Waals surface area contributed by atoms with E-state index in [2.05, 4.69) is 20.9 Å². The monoisotopic (exact) mass is 246 g/mol. The number of aromatic amines is 2. The van der Waals surface area contributed by atoms with Gasteiger partial charge in [0.2, 0.25) is 0 Å². The van der Waals surface area contributed by atoms with Crippen molar-refractivity contribution in [1.82, 2.24) is 9.97 Å². The van der Waals surface area contributed by atoms with Crippen molar-refractivity contribution in [2.24, 2.45) is 0 Å². The second-order valence-corrected chi connectivity index (χ2v) is 3.42. The Bertz CT molecular complexity index is 434. The predicted octanol–water partition coefficient (Wildman–Crippen LogP) is 0.0882. The van der Waals surface area contributed by atoms with Crippen LogP contribution in [0.2, 0.25) is 0 Å². The van der Waals surface area contributed by atoms with Crippen molar-refractivity contribution in [1.29, 1.82) is 0 Å². The fourth-order valence-corrected chi connectivity index (χ4v) is 1.17. The molecule has 0 aliphatic carbocycles. The van der Waals surface area contributed by atoms with Crippen molar-refractivity contribution in [2.45, 2.75) is 11.8 Å². The number of H-pyrrole nitrogens is 2. The van der Waals surface area contributed by atoms with Gasteiger partial charge in [0.15, 0.2) is 0 Å². The molecule has 0 radical (unpaired) electrons. The number of carbonyl (C=O) groups is 1. The minimum absolute atomic E-state index is 0.197. The number of hydrogen-bond acceptors (Lipinski definition) is 3. The molecule has 1 atom stereocenters. The van der Waals surface area contributed by atoms with Gasteiger partial charge in [-0.25, -0.2) is 4.79 Å². The molecule has 0 spiro atoms. The van der Waals surface area contributed by atoms with Crippen molar-refractivity contribution < 1.29 is 4.79 Å². The first-order valence-electron chi connectivity index (χ1n) is 3.49. The lowest BCUT2D eigenvalue weighted by molar-refractivity contribution is -0.116. The number of ketones is 1. The van der Waals surface area contributed by atoms with Gasteiger partial charge in [-0.1, -0.05) is 15.9 Å². The molecule has 0 saturated heterocycles. The summed E-state index contributed by atoms with van der Waals surface area (Å²) in [7, 11) is 0. The maximum atomic E-state index is 11.1. The molecule has 0 aromatic carbocycles. The van der Waals surface area contributed by atoms with Crippen molar-refractivity contribution in [3.63, 3.8) is 0 Å². The quantitative estimate of drug-likeness (QED) is 0.726. The van der Waals surface area contributed by atoms with Gasteiger partial charge < -0.3 is 4.98 Å². The number of rotatable bonds is 2. The van der Waals surface area contributed by atoms with Crippen LogP contribution in [0.3, 0.4) is 0 Å². The standard InChI is InChI=1S/C7H7BrN2O3/c1-3(11)5(8)4-2-9-7(13)10-6(4)12/h2,5H,1H3,(H2,9,10,12,13). The van der Waals surface area contributed by atoms with Crippen molar-refractivity contribution in [3.05, 3.63) is 32.6 Å². The Morgan fingerprint density at radius 2 is 2.15 bits per heavy atom. The van der Waals surface area contributed by atoms with E-state index >= 15 is 0 Å². The SMILES string of the molecule is CC(=O)C(Br)c1c[nH]c(=O)[nH]c1=O. The average Bonchev–Trinajstić information content (AvgIpc) is 2.03. The number of alkyl halides is 1. The summed E-state index contributed by atoms with van der Waals surface area (Å²) in [6, 6.07) is 0. The minimum Gasteiger partial charge on any atom is -0.314 e. The van der Waals surface area contributed by atoms with E-state index < -0.39 is 16.1 Å². The van der Waals surface area contributed by atoms with Gasteiger partial charge in [0.1, 0.15) is 10.6 Å². The molecule has 0 aliphatic rings. The summed E-state index contributed by atoms with van der Waals surface area (Å²) in [4.78, 5) is 36.3. The first-order chi connectivity index (χ1) is 6.02. The third-order valence-electron chi connectivity index (χ3n) is 1.48. The molecule has 0 bridgehead atoms. The summed E-state index contributed by atoms with van der Waals surface area (Å²) in [5.41, 5.74) is -0.940. The summed E-state index contributed by atoms with van der Waals surface area (Å²) in [6.45, 7) is 1.35. The second kappa shape index (κ2) is 3.69. The largest absolute Gasteiger partial charge is 0.325 e. The van der Waals surface area contributed by atoms with Crippen molar-refractivity contribution in [3.8, 4) is 0 Å². The zero-order valence-corrected chi connectivity index (χ0v) is 8.34. The van der Waals surface area contributed by atoms with Crippen molar-refractivity contribution in [2.75, 3.05) is 0 Å². The van der Waals surface area contributed by atoms with E-state index in [1.165, 1.54) is 13.1 Å². The summed E-state index contributed by atoms with van der Waals surface area (Å²) >= 11 is 3.03. The third-order valence-corrected chi connectivity index (χ3v) is 2.62. The Morgan fingerprint density at radius 1 is 1.54 bits per heavy atom. The molecule has 0 aliphatic heterocycles. The molecule has 1 aromatic rings. The highest BCUT2D eigenvalue weighted by Crippen LogP contribution is 2.18. The fourth-order valence-electron chi connectivity index (χ4n) is 0.827. The minimum atomic E-state index is -0.673. The van der Waals surface area contributed by atoms with E-state index in [0.29, 0.717) is 0 Å². The maximum absolute atomic E-state index is 11.1. The number of aromatic nitrogens is 2. The predicted molar refractivity (Wildman–Crippen MR) is 50.0 cm³/mol. The van der Waals surface area contributed by atoms with E-state index in [-0.39, 0.29) is 11.3 Å². The lowest BCUT2D eigenvalue weighted by Crippen LogP contribution is -2.26. The lowest BCUT2D eigenvalue weighted by Gasteiger charge is -2.02. The molecule has 13 heavy (non-hydrogen) atoms. The molecule has 1 rings (SSSR count). The molecule has 2 N–H and O–H groups in total. The molecule has 70 valence electrons. The molecule has 6 heteroatoms. The van der Waals surface area contributed by atoms with Crippen LogP contribution >= 0.6 is 15.9 Å². The Morgan fingerprint density at radius 3 is 2.62 bits per heavy atom. The van der Waals surface area contributed by atoms with E-state index in [4.69, 9.17) is 0 Å². The molecule has 0 saturated carbocycles. The van der Waals surface area contributed by atoms with Gasteiger partial charge in [0, 0.05) is 6.20 Å². The highest BCUT2D eigenvalue weighted by Gasteiger charge is 2.15. The normalized spacial score (nSPS) is 12.5. The first-order valence-corrected chi connectivity index (χ1v) is 4.40. The Kier molecular flexibility index (Phi) is 2.82. The lowest BCUT2D eigenvalue weighted by atomic mass is 10.2. The molecular weight excluding hydrogens is 240 g/mol. The van der Waals surface area contributed by atoms with Crippen LogP contribution in [0.5, 0.6) is 0 Å². The Balaban J connectivity index is 3.24. The summed E-state index contributed by atoms with van der Waals surface area (Å²) < 4.78 is 0. The Hall–Kier alpha value is -1.17. The zero-order chi connectivity index (χ0) is 10.0. The second-order valence-electron chi connectivity index (χ2n) is 2.50. The number of Topliss-reactive ketones (excluding diaryl/α,β-unsaturated/α-hetero) is 1. The van der Waals surface area contributed by atoms with Gasteiger partial charge in [-0.2, -0.15) is 0 Å². The summed E-state index contributed by atoms with van der Waals surface area (Å²) in [6.07, 6.45) is 1.22. The zero-order valence-electron chi connectivity index (χ0n) is 6.76. The summed E-state index contributed by atoms with van der Waals surface area (Å²) in [5.74, 6) is -0.197. The van der Waals surface area contributed by atoms with E-state index in [1.54, 1.807) is 0 Å². The van der Waals surface area contributed by atoms with Gasteiger partial charge in [-0.3, -0.25) is 14.6 Å². The molecule has 1 unspecified atom stereocenters. The van der Waals surface area contributed by atoms with Crippen LogP contribution in [0.4, 0.5) is 0 Å². The average molecular weight is 247 g/mol.